The molecule has 7 heteroatoms. The van der Waals surface area contributed by atoms with Gasteiger partial charge in [-0.05, 0) is 65.0 Å². The van der Waals surface area contributed by atoms with E-state index in [1.54, 1.807) is 10.6 Å². The number of piperidine rings is 1. The lowest BCUT2D eigenvalue weighted by Crippen LogP contribution is -2.38. The van der Waals surface area contributed by atoms with Crippen LogP contribution in [0.5, 0.6) is 0 Å². The van der Waals surface area contributed by atoms with Crippen LogP contribution in [0.4, 0.5) is 0 Å². The average Bonchev–Trinajstić information content (AvgIpc) is 3.12. The molecule has 1 saturated carbocycles. The number of rotatable bonds is 4. The number of nitrogens with one attached hydrogen (secondary N) is 1. The molecule has 7 nitrogen and oxygen atoms in total. The first-order valence-electron chi connectivity index (χ1n) is 11.6. The van der Waals surface area contributed by atoms with Gasteiger partial charge >= 0.3 is 0 Å². The summed E-state index contributed by atoms with van der Waals surface area (Å²) in [7, 11) is 0. The first-order valence-corrected chi connectivity index (χ1v) is 11.6. The Hall–Kier alpha value is -2.15. The van der Waals surface area contributed by atoms with Crippen LogP contribution in [0, 0.1) is 11.8 Å². The molecule has 3 fully saturated rings. The van der Waals surface area contributed by atoms with Gasteiger partial charge in [-0.2, -0.15) is 0 Å². The zero-order chi connectivity index (χ0) is 21.0. The summed E-state index contributed by atoms with van der Waals surface area (Å²) in [5, 5.41) is 3.25. The number of hydrogen-bond acceptors (Lipinski definition) is 4. The van der Waals surface area contributed by atoms with Gasteiger partial charge in [0.2, 0.25) is 5.91 Å². The van der Waals surface area contributed by atoms with Crippen LogP contribution in [-0.2, 0) is 4.79 Å². The molecule has 3 atom stereocenters. The molecule has 1 N–H and O–H groups in total. The van der Waals surface area contributed by atoms with Gasteiger partial charge in [-0.25, -0.2) is 9.50 Å². The number of carbonyl (C=O) groups excluding carboxylic acids is 1. The molecule has 4 heterocycles. The van der Waals surface area contributed by atoms with Gasteiger partial charge in [0.15, 0.2) is 5.65 Å². The van der Waals surface area contributed by atoms with E-state index >= 15 is 0 Å². The van der Waals surface area contributed by atoms with E-state index in [2.05, 4.69) is 30.8 Å². The number of likely N-dealkylation sites (tertiary alicyclic amines) is 2. The van der Waals surface area contributed by atoms with Crippen molar-refractivity contribution in [1.29, 1.82) is 0 Å². The zero-order valence-electron chi connectivity index (χ0n) is 18.3. The third-order valence-electron chi connectivity index (χ3n) is 7.49. The van der Waals surface area contributed by atoms with Gasteiger partial charge < -0.3 is 9.80 Å². The number of H-pyrrole nitrogens is 1. The van der Waals surface area contributed by atoms with Gasteiger partial charge in [-0.15, -0.1) is 0 Å². The van der Waals surface area contributed by atoms with Crippen LogP contribution in [0.25, 0.3) is 5.65 Å². The number of aromatic nitrogens is 3. The number of amides is 1. The maximum atomic E-state index is 12.8. The van der Waals surface area contributed by atoms with Crippen LogP contribution in [0.2, 0.25) is 0 Å². The van der Waals surface area contributed by atoms with Gasteiger partial charge in [0.25, 0.3) is 5.56 Å². The van der Waals surface area contributed by atoms with Gasteiger partial charge in [0.1, 0.15) is 0 Å². The second kappa shape index (κ2) is 7.52. The summed E-state index contributed by atoms with van der Waals surface area (Å²) in [4.78, 5) is 35.0. The maximum Gasteiger partial charge on any atom is 0.272 e. The van der Waals surface area contributed by atoms with E-state index in [0.29, 0.717) is 23.5 Å². The summed E-state index contributed by atoms with van der Waals surface area (Å²) in [6.07, 6.45) is 5.05. The molecular formula is C23H33N5O2. The van der Waals surface area contributed by atoms with Crippen molar-refractivity contribution in [2.24, 2.45) is 11.8 Å². The fourth-order valence-electron chi connectivity index (χ4n) is 5.35. The first kappa shape index (κ1) is 19.8. The molecule has 0 spiro atoms. The molecule has 1 aliphatic carbocycles. The number of nitrogens with zero attached hydrogens (tertiary/aromatic N) is 4. The van der Waals surface area contributed by atoms with E-state index in [-0.39, 0.29) is 23.4 Å². The van der Waals surface area contributed by atoms with Crippen LogP contribution >= 0.6 is 0 Å². The molecule has 2 aromatic heterocycles. The Bertz CT molecular complexity index is 1000. The highest BCUT2D eigenvalue weighted by Crippen LogP contribution is 2.43. The lowest BCUT2D eigenvalue weighted by molar-refractivity contribution is -0.133. The van der Waals surface area contributed by atoms with E-state index in [1.807, 2.05) is 11.0 Å². The molecule has 0 radical (unpaired) electrons. The highest BCUT2D eigenvalue weighted by atomic mass is 16.2. The molecule has 2 aromatic rings. The van der Waals surface area contributed by atoms with Gasteiger partial charge in [-0.1, -0.05) is 6.92 Å². The molecule has 0 bridgehead atoms. The Morgan fingerprint density at radius 2 is 1.90 bits per heavy atom. The van der Waals surface area contributed by atoms with E-state index < -0.39 is 0 Å². The number of aromatic amines is 1. The lowest BCUT2D eigenvalue weighted by atomic mass is 9.92. The third-order valence-corrected chi connectivity index (χ3v) is 7.49. The highest BCUT2D eigenvalue weighted by molar-refractivity contribution is 5.82. The second-order valence-corrected chi connectivity index (χ2v) is 9.84. The summed E-state index contributed by atoms with van der Waals surface area (Å²) < 4.78 is 1.54. The molecule has 30 heavy (non-hydrogen) atoms. The molecule has 2 saturated heterocycles. The van der Waals surface area contributed by atoms with Crippen LogP contribution in [0.15, 0.2) is 16.9 Å². The minimum atomic E-state index is -0.0563. The summed E-state index contributed by atoms with van der Waals surface area (Å²) in [5.41, 5.74) is 2.47. The Labute approximate surface area is 177 Å². The SMILES string of the molecule is CC(C)N1CCC(c2cc(=O)n3[nH]c([C@H]4CCCN4C(=O)[C@@H]4C[C@H]4C)cc3n2)CC1. The first-order chi connectivity index (χ1) is 14.4. The zero-order valence-corrected chi connectivity index (χ0v) is 18.3. The number of hydrogen-bond donors (Lipinski definition) is 1. The van der Waals surface area contributed by atoms with Gasteiger partial charge in [-0.3, -0.25) is 14.7 Å². The van der Waals surface area contributed by atoms with E-state index in [4.69, 9.17) is 4.98 Å². The van der Waals surface area contributed by atoms with Gasteiger partial charge in [0, 0.05) is 36.6 Å². The average molecular weight is 412 g/mol. The molecule has 0 aromatic carbocycles. The van der Waals surface area contributed by atoms with Crippen LogP contribution in [0.1, 0.15) is 76.2 Å². The van der Waals surface area contributed by atoms with Crippen molar-refractivity contribution in [3.05, 3.63) is 33.9 Å². The van der Waals surface area contributed by atoms with Crippen molar-refractivity contribution < 1.29 is 4.79 Å². The number of carbonyl (C=O) groups is 1. The molecule has 5 rings (SSSR count). The lowest BCUT2D eigenvalue weighted by Gasteiger charge is -2.34. The second-order valence-electron chi connectivity index (χ2n) is 9.84. The molecule has 2 aliphatic heterocycles. The maximum absolute atomic E-state index is 12.8. The Kier molecular flexibility index (Phi) is 4.96. The van der Waals surface area contributed by atoms with Crippen molar-refractivity contribution in [3.63, 3.8) is 0 Å². The van der Waals surface area contributed by atoms with E-state index in [9.17, 15) is 9.59 Å². The summed E-state index contributed by atoms with van der Waals surface area (Å²) >= 11 is 0. The number of fused-ring (bicyclic) bond motifs is 1. The van der Waals surface area contributed by atoms with Crippen molar-refractivity contribution in [3.8, 4) is 0 Å². The predicted octanol–water partition coefficient (Wildman–Crippen LogP) is 2.93. The monoisotopic (exact) mass is 411 g/mol. The van der Waals surface area contributed by atoms with Crippen LogP contribution in [0.3, 0.4) is 0 Å². The largest absolute Gasteiger partial charge is 0.334 e. The summed E-state index contributed by atoms with van der Waals surface area (Å²) in [5.74, 6) is 1.33. The van der Waals surface area contributed by atoms with E-state index in [1.165, 1.54) is 0 Å². The Balaban J connectivity index is 1.39. The van der Waals surface area contributed by atoms with Crippen molar-refractivity contribution in [1.82, 2.24) is 24.4 Å². The fourth-order valence-corrected chi connectivity index (χ4v) is 5.35. The van der Waals surface area contributed by atoms with Crippen molar-refractivity contribution in [2.75, 3.05) is 19.6 Å². The topological polar surface area (TPSA) is 73.7 Å². The van der Waals surface area contributed by atoms with Crippen molar-refractivity contribution >= 4 is 11.6 Å². The minimum Gasteiger partial charge on any atom is -0.334 e. The molecule has 1 amide bonds. The molecule has 0 unspecified atom stereocenters. The summed E-state index contributed by atoms with van der Waals surface area (Å²) in [6.45, 7) is 9.54. The molecule has 162 valence electrons. The Morgan fingerprint density at radius 3 is 2.57 bits per heavy atom. The molecule has 3 aliphatic rings. The van der Waals surface area contributed by atoms with Crippen LogP contribution < -0.4 is 5.56 Å². The summed E-state index contributed by atoms with van der Waals surface area (Å²) in [6, 6.07) is 4.28. The normalized spacial score (nSPS) is 28.0. The third kappa shape index (κ3) is 3.47. The highest BCUT2D eigenvalue weighted by Gasteiger charge is 2.44. The predicted molar refractivity (Wildman–Crippen MR) is 115 cm³/mol. The minimum absolute atomic E-state index is 0.0316. The Morgan fingerprint density at radius 1 is 1.17 bits per heavy atom. The van der Waals surface area contributed by atoms with Gasteiger partial charge in [0.05, 0.1) is 17.4 Å². The van der Waals surface area contributed by atoms with E-state index in [0.717, 1.165) is 63.1 Å². The van der Waals surface area contributed by atoms with Crippen molar-refractivity contribution in [2.45, 2.75) is 70.9 Å². The smallest absolute Gasteiger partial charge is 0.272 e. The quantitative estimate of drug-likeness (QED) is 0.840. The fraction of sp³-hybridized carbons (Fsp3) is 0.696. The molecular weight excluding hydrogens is 378 g/mol. The van der Waals surface area contributed by atoms with Crippen LogP contribution in [-0.4, -0.2) is 56.0 Å². The standard InChI is InChI=1S/C23H33N5O2/c1-14(2)26-9-6-16(7-10-26)18-13-22(29)28-21(24-18)12-19(25-28)20-5-4-8-27(20)23(30)17-11-15(17)3/h12-17,20,25H,4-11H2,1-3H3/t15-,17-,20-/m1/s1.